The molecule has 1 aliphatic heterocycles. The van der Waals surface area contributed by atoms with Crippen LogP contribution in [0, 0.1) is 0 Å². The highest BCUT2D eigenvalue weighted by Gasteiger charge is 2.31. The van der Waals surface area contributed by atoms with Gasteiger partial charge >= 0.3 is 0 Å². The first-order valence-electron chi connectivity index (χ1n) is 7.92. The Kier molecular flexibility index (Phi) is 6.92. The molecule has 3 heterocycles. The first-order chi connectivity index (χ1) is 11.7. The second-order valence-corrected chi connectivity index (χ2v) is 6.66. The number of halogens is 1. The molecule has 2 aromatic rings. The summed E-state index contributed by atoms with van der Waals surface area (Å²) < 4.78 is 0. The molecule has 1 aliphatic rings. The lowest BCUT2D eigenvalue weighted by Crippen LogP contribution is -2.54. The topological polar surface area (TPSA) is 74.3 Å². The van der Waals surface area contributed by atoms with E-state index >= 15 is 0 Å². The Morgan fingerprint density at radius 1 is 1.40 bits per heavy atom. The van der Waals surface area contributed by atoms with Crippen LogP contribution in [0.1, 0.15) is 28.2 Å². The predicted molar refractivity (Wildman–Crippen MR) is 100 cm³/mol. The van der Waals surface area contributed by atoms with Crippen LogP contribution < -0.4 is 10.6 Å². The van der Waals surface area contributed by atoms with E-state index in [1.165, 1.54) is 11.3 Å². The van der Waals surface area contributed by atoms with E-state index in [9.17, 15) is 9.59 Å². The zero-order valence-electron chi connectivity index (χ0n) is 13.8. The molecule has 1 fully saturated rings. The van der Waals surface area contributed by atoms with Gasteiger partial charge in [-0.05, 0) is 30.0 Å². The van der Waals surface area contributed by atoms with Crippen molar-refractivity contribution in [2.24, 2.45) is 0 Å². The molecule has 2 atom stereocenters. The quantitative estimate of drug-likeness (QED) is 0.849. The van der Waals surface area contributed by atoms with Gasteiger partial charge in [-0.25, -0.2) is 0 Å². The highest BCUT2D eigenvalue weighted by molar-refractivity contribution is 7.12. The molecule has 0 spiro atoms. The second kappa shape index (κ2) is 8.94. The van der Waals surface area contributed by atoms with Crippen LogP contribution in [0.3, 0.4) is 0 Å². The van der Waals surface area contributed by atoms with E-state index in [1.54, 1.807) is 25.4 Å². The van der Waals surface area contributed by atoms with Crippen molar-refractivity contribution in [1.82, 2.24) is 20.5 Å². The van der Waals surface area contributed by atoms with Gasteiger partial charge in [-0.1, -0.05) is 12.1 Å². The summed E-state index contributed by atoms with van der Waals surface area (Å²) in [5, 5.41) is 7.95. The average Bonchev–Trinajstić information content (AvgIpc) is 3.16. The minimum absolute atomic E-state index is 0. The molecular formula is C17H21ClN4O2S. The highest BCUT2D eigenvalue weighted by Crippen LogP contribution is 2.22. The van der Waals surface area contributed by atoms with Gasteiger partial charge < -0.3 is 15.5 Å². The fraction of sp³-hybridized carbons (Fsp3) is 0.353. The van der Waals surface area contributed by atoms with E-state index < -0.39 is 6.04 Å². The van der Waals surface area contributed by atoms with Crippen LogP contribution in [0.25, 0.3) is 0 Å². The number of carbonyl (C=O) groups is 2. The number of pyridine rings is 1. The third-order valence-corrected chi connectivity index (χ3v) is 4.93. The number of carbonyl (C=O) groups excluding carboxylic acids is 2. The van der Waals surface area contributed by atoms with E-state index in [0.29, 0.717) is 18.0 Å². The number of hydrogen-bond acceptors (Lipinski definition) is 5. The number of nitrogens with one attached hydrogen (secondary N) is 2. The summed E-state index contributed by atoms with van der Waals surface area (Å²) in [6.07, 6.45) is 3.50. The van der Waals surface area contributed by atoms with Gasteiger partial charge in [0.25, 0.3) is 5.91 Å². The minimum Gasteiger partial charge on any atom is -0.340 e. The van der Waals surface area contributed by atoms with Crippen molar-refractivity contribution in [3.05, 3.63) is 52.5 Å². The lowest BCUT2D eigenvalue weighted by atomic mass is 10.0. The van der Waals surface area contributed by atoms with Crippen molar-refractivity contribution in [2.45, 2.75) is 19.0 Å². The number of amides is 2. The lowest BCUT2D eigenvalue weighted by Gasteiger charge is -2.37. The van der Waals surface area contributed by atoms with Crippen LogP contribution in [-0.4, -0.2) is 47.4 Å². The Morgan fingerprint density at radius 2 is 2.24 bits per heavy atom. The summed E-state index contributed by atoms with van der Waals surface area (Å²) in [6, 6.07) is 6.77. The molecule has 2 aromatic heterocycles. The van der Waals surface area contributed by atoms with Gasteiger partial charge in [0.15, 0.2) is 0 Å². The summed E-state index contributed by atoms with van der Waals surface area (Å²) in [5.41, 5.74) is 0.995. The van der Waals surface area contributed by atoms with Gasteiger partial charge in [0, 0.05) is 32.0 Å². The molecular weight excluding hydrogens is 360 g/mol. The molecule has 3 rings (SSSR count). The molecule has 134 valence electrons. The smallest absolute Gasteiger partial charge is 0.261 e. The van der Waals surface area contributed by atoms with Crippen molar-refractivity contribution >= 4 is 35.6 Å². The van der Waals surface area contributed by atoms with Gasteiger partial charge in [0.1, 0.15) is 6.04 Å². The van der Waals surface area contributed by atoms with Gasteiger partial charge in [0.2, 0.25) is 5.91 Å². The zero-order valence-corrected chi connectivity index (χ0v) is 15.5. The maximum atomic E-state index is 12.9. The molecule has 0 bridgehead atoms. The molecule has 0 aromatic carbocycles. The largest absolute Gasteiger partial charge is 0.340 e. The van der Waals surface area contributed by atoms with Crippen LogP contribution in [0.2, 0.25) is 0 Å². The molecule has 2 unspecified atom stereocenters. The van der Waals surface area contributed by atoms with Crippen molar-refractivity contribution in [1.29, 1.82) is 0 Å². The van der Waals surface area contributed by atoms with Gasteiger partial charge in [-0.15, -0.1) is 23.7 Å². The molecule has 0 saturated carbocycles. The maximum absolute atomic E-state index is 12.9. The van der Waals surface area contributed by atoms with Crippen molar-refractivity contribution in [3.63, 3.8) is 0 Å². The van der Waals surface area contributed by atoms with E-state index in [1.807, 2.05) is 28.5 Å². The van der Waals surface area contributed by atoms with E-state index in [-0.39, 0.29) is 30.3 Å². The van der Waals surface area contributed by atoms with Crippen LogP contribution in [0.5, 0.6) is 0 Å². The molecule has 8 heteroatoms. The molecule has 25 heavy (non-hydrogen) atoms. The minimum atomic E-state index is -0.572. The monoisotopic (exact) mass is 380 g/mol. The summed E-state index contributed by atoms with van der Waals surface area (Å²) in [6.45, 7) is 3.77. The Labute approximate surface area is 157 Å². The number of piperazine rings is 1. The van der Waals surface area contributed by atoms with E-state index in [4.69, 9.17) is 0 Å². The number of hydrogen-bond donors (Lipinski definition) is 2. The summed E-state index contributed by atoms with van der Waals surface area (Å²) in [5.74, 6) is -0.283. The Bertz CT molecular complexity index is 696. The third-order valence-electron chi connectivity index (χ3n) is 4.06. The van der Waals surface area contributed by atoms with Crippen LogP contribution in [0.4, 0.5) is 0 Å². The standard InChI is InChI=1S/C17H20N4O2S.ClH/c1-12(20-16(22)15-5-3-9-24-15)17(23)21-8-7-19-11-14(21)13-4-2-6-18-10-13;/h2-6,9-10,12,14,19H,7-8,11H2,1H3,(H,20,22);1H. The Hall–Kier alpha value is -1.96. The molecule has 1 saturated heterocycles. The Morgan fingerprint density at radius 3 is 2.92 bits per heavy atom. The molecule has 2 amide bonds. The van der Waals surface area contributed by atoms with Gasteiger partial charge in [-0.2, -0.15) is 0 Å². The first kappa shape index (κ1) is 19.4. The van der Waals surface area contributed by atoms with E-state index in [0.717, 1.165) is 12.1 Å². The highest BCUT2D eigenvalue weighted by atomic mass is 35.5. The fourth-order valence-electron chi connectivity index (χ4n) is 2.82. The summed E-state index contributed by atoms with van der Waals surface area (Å²) in [4.78, 5) is 31.6. The fourth-order valence-corrected chi connectivity index (χ4v) is 3.45. The van der Waals surface area contributed by atoms with Crippen LogP contribution >= 0.6 is 23.7 Å². The Balaban J connectivity index is 0.00000225. The predicted octanol–water partition coefficient (Wildman–Crippen LogP) is 1.86. The van der Waals surface area contributed by atoms with Crippen LogP contribution in [-0.2, 0) is 4.79 Å². The van der Waals surface area contributed by atoms with Crippen molar-refractivity contribution < 1.29 is 9.59 Å². The molecule has 2 N–H and O–H groups in total. The van der Waals surface area contributed by atoms with Gasteiger partial charge in [-0.3, -0.25) is 14.6 Å². The summed E-state index contributed by atoms with van der Waals surface area (Å²) in [7, 11) is 0. The maximum Gasteiger partial charge on any atom is 0.261 e. The first-order valence-corrected chi connectivity index (χ1v) is 8.80. The number of nitrogens with zero attached hydrogens (tertiary/aromatic N) is 2. The SMILES string of the molecule is CC(NC(=O)c1cccs1)C(=O)N1CCNCC1c1cccnc1.Cl. The number of rotatable bonds is 4. The van der Waals surface area contributed by atoms with E-state index in [2.05, 4.69) is 15.6 Å². The number of aromatic nitrogens is 1. The molecule has 0 aliphatic carbocycles. The molecule has 6 nitrogen and oxygen atoms in total. The molecule has 0 radical (unpaired) electrons. The second-order valence-electron chi connectivity index (χ2n) is 5.71. The lowest BCUT2D eigenvalue weighted by molar-refractivity contribution is -0.136. The van der Waals surface area contributed by atoms with Crippen molar-refractivity contribution in [3.8, 4) is 0 Å². The summed E-state index contributed by atoms with van der Waals surface area (Å²) >= 11 is 1.36. The van der Waals surface area contributed by atoms with Crippen LogP contribution in [0.15, 0.2) is 42.0 Å². The number of thiophene rings is 1. The van der Waals surface area contributed by atoms with Gasteiger partial charge in [0.05, 0.1) is 10.9 Å². The normalized spacial score (nSPS) is 18.1. The zero-order chi connectivity index (χ0) is 16.9. The van der Waals surface area contributed by atoms with Crippen molar-refractivity contribution in [2.75, 3.05) is 19.6 Å². The third kappa shape index (κ3) is 4.56. The average molecular weight is 381 g/mol.